The molecule has 2 rings (SSSR count). The smallest absolute Gasteiger partial charge is 0.185 e. The van der Waals surface area contributed by atoms with Gasteiger partial charge in [0, 0.05) is 24.9 Å². The van der Waals surface area contributed by atoms with E-state index in [4.69, 9.17) is 0 Å². The number of nitrogens with zero attached hydrogens (tertiary/aromatic N) is 2. The molecule has 0 spiro atoms. The second-order valence-electron chi connectivity index (χ2n) is 3.84. The van der Waals surface area contributed by atoms with E-state index in [1.54, 1.807) is 18.3 Å². The lowest BCUT2D eigenvalue weighted by Crippen LogP contribution is -2.19. The molecule has 76 valence electrons. The van der Waals surface area contributed by atoms with Crippen LogP contribution in [0.2, 0.25) is 0 Å². The average molecular weight is 210 g/mol. The standard InChI is InChI=1S/C10H14N2OS/c1-7(13)5-8-6-14-10(11-8)12(2)9-3-4-9/h6,9H,3-5H2,1-2H3. The highest BCUT2D eigenvalue weighted by molar-refractivity contribution is 7.13. The van der Waals surface area contributed by atoms with Gasteiger partial charge in [-0.05, 0) is 19.8 Å². The molecule has 0 bridgehead atoms. The van der Waals surface area contributed by atoms with E-state index in [9.17, 15) is 4.79 Å². The predicted octanol–water partition coefficient (Wildman–Crippen LogP) is 1.87. The van der Waals surface area contributed by atoms with E-state index < -0.39 is 0 Å². The minimum atomic E-state index is 0.177. The predicted molar refractivity (Wildman–Crippen MR) is 57.9 cm³/mol. The first-order valence-corrected chi connectivity index (χ1v) is 5.71. The van der Waals surface area contributed by atoms with Gasteiger partial charge in [0.1, 0.15) is 5.78 Å². The normalized spacial score (nSPS) is 15.6. The third-order valence-corrected chi connectivity index (χ3v) is 3.35. The third kappa shape index (κ3) is 2.12. The molecule has 1 heterocycles. The van der Waals surface area contributed by atoms with Gasteiger partial charge in [0.15, 0.2) is 5.13 Å². The van der Waals surface area contributed by atoms with Crippen molar-refractivity contribution < 1.29 is 4.79 Å². The molecular formula is C10H14N2OS. The van der Waals surface area contributed by atoms with Crippen molar-refractivity contribution in [1.29, 1.82) is 0 Å². The second-order valence-corrected chi connectivity index (χ2v) is 4.68. The molecule has 1 fully saturated rings. The molecule has 14 heavy (non-hydrogen) atoms. The number of thiazole rings is 1. The van der Waals surface area contributed by atoms with Crippen molar-refractivity contribution in [2.75, 3.05) is 11.9 Å². The van der Waals surface area contributed by atoms with Crippen LogP contribution in [-0.2, 0) is 11.2 Å². The van der Waals surface area contributed by atoms with E-state index >= 15 is 0 Å². The lowest BCUT2D eigenvalue weighted by molar-refractivity contribution is -0.116. The zero-order valence-electron chi connectivity index (χ0n) is 8.49. The van der Waals surface area contributed by atoms with Gasteiger partial charge in [0.05, 0.1) is 5.69 Å². The molecule has 3 nitrogen and oxygen atoms in total. The maximum absolute atomic E-state index is 10.9. The van der Waals surface area contributed by atoms with E-state index in [2.05, 4.69) is 16.9 Å². The topological polar surface area (TPSA) is 33.2 Å². The van der Waals surface area contributed by atoms with Crippen molar-refractivity contribution >= 4 is 22.3 Å². The van der Waals surface area contributed by atoms with E-state index in [1.807, 2.05) is 5.38 Å². The molecule has 0 atom stereocenters. The third-order valence-electron chi connectivity index (χ3n) is 2.37. The summed E-state index contributed by atoms with van der Waals surface area (Å²) >= 11 is 1.63. The SMILES string of the molecule is CC(=O)Cc1csc(N(C)C2CC2)n1. The van der Waals surface area contributed by atoms with Gasteiger partial charge in [-0.3, -0.25) is 4.79 Å². The summed E-state index contributed by atoms with van der Waals surface area (Å²) in [6.45, 7) is 1.60. The molecule has 0 unspecified atom stereocenters. The quantitative estimate of drug-likeness (QED) is 0.760. The largest absolute Gasteiger partial charge is 0.348 e. The van der Waals surface area contributed by atoms with Gasteiger partial charge in [-0.1, -0.05) is 0 Å². The molecule has 4 heteroatoms. The number of carbonyl (C=O) groups is 1. The van der Waals surface area contributed by atoms with Crippen LogP contribution in [0.3, 0.4) is 0 Å². The number of carbonyl (C=O) groups excluding carboxylic acids is 1. The average Bonchev–Trinajstić information content (AvgIpc) is 2.86. The fraction of sp³-hybridized carbons (Fsp3) is 0.600. The molecule has 0 aromatic carbocycles. The van der Waals surface area contributed by atoms with Crippen LogP contribution in [0.25, 0.3) is 0 Å². The maximum Gasteiger partial charge on any atom is 0.185 e. The first kappa shape index (κ1) is 9.65. The van der Waals surface area contributed by atoms with Gasteiger partial charge in [-0.2, -0.15) is 0 Å². The fourth-order valence-corrected chi connectivity index (χ4v) is 2.28. The summed E-state index contributed by atoms with van der Waals surface area (Å²) in [6.07, 6.45) is 3.02. The summed E-state index contributed by atoms with van der Waals surface area (Å²) in [7, 11) is 2.08. The first-order valence-electron chi connectivity index (χ1n) is 4.83. The zero-order valence-corrected chi connectivity index (χ0v) is 9.30. The Morgan fingerprint density at radius 2 is 2.43 bits per heavy atom. The van der Waals surface area contributed by atoms with E-state index in [-0.39, 0.29) is 5.78 Å². The van der Waals surface area contributed by atoms with Gasteiger partial charge in [-0.15, -0.1) is 11.3 Å². The summed E-state index contributed by atoms with van der Waals surface area (Å²) in [4.78, 5) is 17.5. The van der Waals surface area contributed by atoms with Crippen molar-refractivity contribution in [3.05, 3.63) is 11.1 Å². The Labute approximate surface area is 87.8 Å². The summed E-state index contributed by atoms with van der Waals surface area (Å²) < 4.78 is 0. The molecule has 0 N–H and O–H groups in total. The zero-order chi connectivity index (χ0) is 10.1. The number of hydrogen-bond donors (Lipinski definition) is 0. The fourth-order valence-electron chi connectivity index (χ4n) is 1.41. The minimum absolute atomic E-state index is 0.177. The van der Waals surface area contributed by atoms with Crippen LogP contribution in [0.15, 0.2) is 5.38 Å². The molecule has 1 aliphatic carbocycles. The van der Waals surface area contributed by atoms with E-state index in [0.29, 0.717) is 12.5 Å². The lowest BCUT2D eigenvalue weighted by atomic mass is 10.3. The summed E-state index contributed by atoms with van der Waals surface area (Å²) in [5, 5.41) is 3.03. The Morgan fingerprint density at radius 3 is 3.00 bits per heavy atom. The molecule has 0 radical (unpaired) electrons. The van der Waals surface area contributed by atoms with Crippen LogP contribution in [-0.4, -0.2) is 23.9 Å². The van der Waals surface area contributed by atoms with Gasteiger partial charge in [-0.25, -0.2) is 4.98 Å². The number of Topliss-reactive ketones (excluding diaryl/α,β-unsaturated/α-hetero) is 1. The Kier molecular flexibility index (Phi) is 2.54. The van der Waals surface area contributed by atoms with Crippen molar-refractivity contribution in [2.24, 2.45) is 0 Å². The van der Waals surface area contributed by atoms with Crippen molar-refractivity contribution in [3.8, 4) is 0 Å². The van der Waals surface area contributed by atoms with Gasteiger partial charge < -0.3 is 4.90 Å². The highest BCUT2D eigenvalue weighted by Crippen LogP contribution is 2.31. The van der Waals surface area contributed by atoms with Crippen LogP contribution in [0.5, 0.6) is 0 Å². The summed E-state index contributed by atoms with van der Waals surface area (Å²) in [5.41, 5.74) is 0.907. The molecule has 0 saturated heterocycles. The summed E-state index contributed by atoms with van der Waals surface area (Å²) in [6, 6.07) is 0.686. The maximum atomic E-state index is 10.9. The number of anilines is 1. The van der Waals surface area contributed by atoms with Gasteiger partial charge in [0.25, 0.3) is 0 Å². The van der Waals surface area contributed by atoms with Crippen LogP contribution in [0.1, 0.15) is 25.5 Å². The monoisotopic (exact) mass is 210 g/mol. The lowest BCUT2D eigenvalue weighted by Gasteiger charge is -2.13. The van der Waals surface area contributed by atoms with Crippen LogP contribution in [0.4, 0.5) is 5.13 Å². The van der Waals surface area contributed by atoms with Gasteiger partial charge >= 0.3 is 0 Å². The Morgan fingerprint density at radius 1 is 1.71 bits per heavy atom. The molecule has 1 aliphatic rings. The molecule has 1 saturated carbocycles. The van der Waals surface area contributed by atoms with E-state index in [1.165, 1.54) is 12.8 Å². The van der Waals surface area contributed by atoms with Gasteiger partial charge in [0.2, 0.25) is 0 Å². The highest BCUT2D eigenvalue weighted by atomic mass is 32.1. The molecule has 1 aromatic rings. The molecular weight excluding hydrogens is 196 g/mol. The number of rotatable bonds is 4. The van der Waals surface area contributed by atoms with Crippen molar-refractivity contribution in [3.63, 3.8) is 0 Å². The first-order chi connectivity index (χ1) is 6.66. The number of ketones is 1. The van der Waals surface area contributed by atoms with Crippen LogP contribution < -0.4 is 4.90 Å². The van der Waals surface area contributed by atoms with Crippen LogP contribution >= 0.6 is 11.3 Å². The minimum Gasteiger partial charge on any atom is -0.348 e. The molecule has 0 amide bonds. The summed E-state index contributed by atoms with van der Waals surface area (Å²) in [5.74, 6) is 0.177. The Hall–Kier alpha value is -0.900. The second kappa shape index (κ2) is 3.69. The van der Waals surface area contributed by atoms with E-state index in [0.717, 1.165) is 10.8 Å². The van der Waals surface area contributed by atoms with Crippen molar-refractivity contribution in [1.82, 2.24) is 4.98 Å². The highest BCUT2D eigenvalue weighted by Gasteiger charge is 2.27. The molecule has 0 aliphatic heterocycles. The Balaban J connectivity index is 2.04. The number of aromatic nitrogens is 1. The van der Waals surface area contributed by atoms with Crippen LogP contribution in [0, 0.1) is 0 Å². The van der Waals surface area contributed by atoms with Crippen molar-refractivity contribution in [2.45, 2.75) is 32.2 Å². The molecule has 1 aromatic heterocycles. The Bertz CT molecular complexity index is 344. The number of hydrogen-bond acceptors (Lipinski definition) is 4.